The molecule has 3 atom stereocenters. The van der Waals surface area contributed by atoms with Gasteiger partial charge < -0.3 is 11.1 Å². The Kier molecular flexibility index (Phi) is 4.06. The summed E-state index contributed by atoms with van der Waals surface area (Å²) < 4.78 is 0. The quantitative estimate of drug-likeness (QED) is 0.834. The molecule has 2 nitrogen and oxygen atoms in total. The first-order valence-electron chi connectivity index (χ1n) is 6.82. The summed E-state index contributed by atoms with van der Waals surface area (Å²) in [5, 5.41) is 3.55. The van der Waals surface area contributed by atoms with Gasteiger partial charge >= 0.3 is 0 Å². The van der Waals surface area contributed by atoms with E-state index >= 15 is 0 Å². The summed E-state index contributed by atoms with van der Waals surface area (Å²) in [5.74, 6) is 0.651. The molecular weight excluding hydrogens is 208 g/mol. The molecule has 0 heterocycles. The molecule has 0 spiro atoms. The molecule has 1 aliphatic rings. The largest absolute Gasteiger partial charge is 0.381 e. The lowest BCUT2D eigenvalue weighted by Crippen LogP contribution is -2.35. The zero-order valence-corrected chi connectivity index (χ0v) is 10.9. The fourth-order valence-electron chi connectivity index (χ4n) is 2.53. The Morgan fingerprint density at radius 3 is 2.53 bits per heavy atom. The van der Waals surface area contributed by atoms with Gasteiger partial charge in [0.1, 0.15) is 0 Å². The predicted octanol–water partition coefficient (Wildman–Crippen LogP) is 3.49. The summed E-state index contributed by atoms with van der Waals surface area (Å²) in [5.41, 5.74) is 8.70. The smallest absolute Gasteiger partial charge is 0.0412 e. The van der Waals surface area contributed by atoms with Crippen molar-refractivity contribution >= 4 is 5.69 Å². The maximum Gasteiger partial charge on any atom is 0.0412 e. The monoisotopic (exact) mass is 232 g/mol. The summed E-state index contributed by atoms with van der Waals surface area (Å²) in [4.78, 5) is 0. The van der Waals surface area contributed by atoms with Crippen LogP contribution in [0.2, 0.25) is 0 Å². The highest BCUT2D eigenvalue weighted by Gasteiger charge is 2.23. The SMILES string of the molecule is CCC(C)c1ccc(NC2CCCC2N)cc1. The van der Waals surface area contributed by atoms with Crippen molar-refractivity contribution in [2.24, 2.45) is 5.73 Å². The van der Waals surface area contributed by atoms with Gasteiger partial charge in [-0.2, -0.15) is 0 Å². The summed E-state index contributed by atoms with van der Waals surface area (Å²) in [7, 11) is 0. The zero-order valence-electron chi connectivity index (χ0n) is 10.9. The Morgan fingerprint density at radius 1 is 1.29 bits per heavy atom. The van der Waals surface area contributed by atoms with Crippen LogP contribution in [0, 0.1) is 0 Å². The molecule has 1 fully saturated rings. The van der Waals surface area contributed by atoms with Gasteiger partial charge in [-0.15, -0.1) is 0 Å². The van der Waals surface area contributed by atoms with Crippen LogP contribution in [-0.4, -0.2) is 12.1 Å². The van der Waals surface area contributed by atoms with Crippen LogP contribution in [0.3, 0.4) is 0 Å². The first-order valence-corrected chi connectivity index (χ1v) is 6.82. The maximum atomic E-state index is 6.06. The van der Waals surface area contributed by atoms with E-state index in [1.165, 1.54) is 30.5 Å². The molecule has 0 aliphatic heterocycles. The molecule has 0 amide bonds. The molecule has 1 saturated carbocycles. The lowest BCUT2D eigenvalue weighted by Gasteiger charge is -2.19. The van der Waals surface area contributed by atoms with Gasteiger partial charge in [-0.25, -0.2) is 0 Å². The predicted molar refractivity (Wildman–Crippen MR) is 74.4 cm³/mol. The molecule has 94 valence electrons. The first kappa shape index (κ1) is 12.4. The van der Waals surface area contributed by atoms with E-state index in [1.54, 1.807) is 0 Å². The molecule has 3 unspecified atom stereocenters. The van der Waals surface area contributed by atoms with E-state index in [1.807, 2.05) is 0 Å². The highest BCUT2D eigenvalue weighted by Crippen LogP contribution is 2.24. The molecule has 1 aromatic rings. The van der Waals surface area contributed by atoms with Crippen LogP contribution in [-0.2, 0) is 0 Å². The molecule has 0 bridgehead atoms. The molecule has 1 aromatic carbocycles. The summed E-state index contributed by atoms with van der Waals surface area (Å²) >= 11 is 0. The third-order valence-corrected chi connectivity index (χ3v) is 4.01. The average molecular weight is 232 g/mol. The second kappa shape index (κ2) is 5.54. The van der Waals surface area contributed by atoms with Crippen LogP contribution in [0.25, 0.3) is 0 Å². The molecule has 3 N–H and O–H groups in total. The third kappa shape index (κ3) is 3.01. The standard InChI is InChI=1S/C15H24N2/c1-3-11(2)12-7-9-13(10-8-12)17-15-6-4-5-14(15)16/h7-11,14-15,17H,3-6,16H2,1-2H3. The van der Waals surface area contributed by atoms with Crippen molar-refractivity contribution in [3.63, 3.8) is 0 Å². The molecule has 0 aromatic heterocycles. The van der Waals surface area contributed by atoms with Gasteiger partial charge in [-0.1, -0.05) is 26.0 Å². The van der Waals surface area contributed by atoms with Crippen molar-refractivity contribution in [2.45, 2.75) is 57.5 Å². The number of rotatable bonds is 4. The van der Waals surface area contributed by atoms with Crippen molar-refractivity contribution in [1.82, 2.24) is 0 Å². The van der Waals surface area contributed by atoms with Gasteiger partial charge in [-0.05, 0) is 49.3 Å². The lowest BCUT2D eigenvalue weighted by atomic mass is 9.98. The lowest BCUT2D eigenvalue weighted by molar-refractivity contribution is 0.638. The van der Waals surface area contributed by atoms with Crippen molar-refractivity contribution < 1.29 is 0 Å². The minimum Gasteiger partial charge on any atom is -0.381 e. The van der Waals surface area contributed by atoms with Crippen LogP contribution in [0.1, 0.15) is 51.0 Å². The highest BCUT2D eigenvalue weighted by molar-refractivity contribution is 5.46. The molecule has 0 saturated heterocycles. The van der Waals surface area contributed by atoms with E-state index in [0.717, 1.165) is 6.42 Å². The van der Waals surface area contributed by atoms with Gasteiger partial charge in [0, 0.05) is 17.8 Å². The second-order valence-corrected chi connectivity index (χ2v) is 5.28. The number of hydrogen-bond donors (Lipinski definition) is 2. The molecule has 17 heavy (non-hydrogen) atoms. The summed E-state index contributed by atoms with van der Waals surface area (Å²) in [6.07, 6.45) is 4.81. The van der Waals surface area contributed by atoms with E-state index < -0.39 is 0 Å². The van der Waals surface area contributed by atoms with Gasteiger partial charge in [-0.3, -0.25) is 0 Å². The fourth-order valence-corrected chi connectivity index (χ4v) is 2.53. The number of nitrogens with one attached hydrogen (secondary N) is 1. The third-order valence-electron chi connectivity index (χ3n) is 4.01. The normalized spacial score (nSPS) is 25.8. The Morgan fingerprint density at radius 2 is 2.00 bits per heavy atom. The summed E-state index contributed by atoms with van der Waals surface area (Å²) in [6, 6.07) is 9.63. The van der Waals surface area contributed by atoms with Crippen LogP contribution < -0.4 is 11.1 Å². The fraction of sp³-hybridized carbons (Fsp3) is 0.600. The number of nitrogens with two attached hydrogens (primary N) is 1. The van der Waals surface area contributed by atoms with Crippen molar-refractivity contribution in [1.29, 1.82) is 0 Å². The number of hydrogen-bond acceptors (Lipinski definition) is 2. The Hall–Kier alpha value is -1.02. The molecule has 0 radical (unpaired) electrons. The minimum atomic E-state index is 0.323. The Bertz CT molecular complexity index is 344. The molecule has 2 rings (SSSR count). The van der Waals surface area contributed by atoms with Crippen molar-refractivity contribution in [3.05, 3.63) is 29.8 Å². The Balaban J connectivity index is 1.98. The summed E-state index contributed by atoms with van der Waals surface area (Å²) in [6.45, 7) is 4.50. The zero-order chi connectivity index (χ0) is 12.3. The first-order chi connectivity index (χ1) is 8.20. The van der Waals surface area contributed by atoms with Gasteiger partial charge in [0.05, 0.1) is 0 Å². The molecular formula is C15H24N2. The maximum absolute atomic E-state index is 6.06. The van der Waals surface area contributed by atoms with E-state index in [2.05, 4.69) is 43.4 Å². The molecule has 2 heteroatoms. The topological polar surface area (TPSA) is 38.0 Å². The van der Waals surface area contributed by atoms with Crippen LogP contribution in [0.15, 0.2) is 24.3 Å². The van der Waals surface area contributed by atoms with Gasteiger partial charge in [0.2, 0.25) is 0 Å². The number of benzene rings is 1. The van der Waals surface area contributed by atoms with Crippen LogP contribution in [0.5, 0.6) is 0 Å². The minimum absolute atomic E-state index is 0.323. The van der Waals surface area contributed by atoms with Gasteiger partial charge in [0.25, 0.3) is 0 Å². The number of anilines is 1. The van der Waals surface area contributed by atoms with E-state index in [0.29, 0.717) is 18.0 Å². The van der Waals surface area contributed by atoms with E-state index in [4.69, 9.17) is 5.73 Å². The van der Waals surface area contributed by atoms with Crippen molar-refractivity contribution in [3.8, 4) is 0 Å². The van der Waals surface area contributed by atoms with Crippen LogP contribution >= 0.6 is 0 Å². The second-order valence-electron chi connectivity index (χ2n) is 5.28. The highest BCUT2D eigenvalue weighted by atomic mass is 15.0. The Labute approximate surface area is 105 Å². The van der Waals surface area contributed by atoms with Crippen LogP contribution in [0.4, 0.5) is 5.69 Å². The average Bonchev–Trinajstić information content (AvgIpc) is 2.75. The van der Waals surface area contributed by atoms with E-state index in [-0.39, 0.29) is 0 Å². The van der Waals surface area contributed by atoms with Crippen molar-refractivity contribution in [2.75, 3.05) is 5.32 Å². The van der Waals surface area contributed by atoms with Gasteiger partial charge in [0.15, 0.2) is 0 Å². The molecule has 1 aliphatic carbocycles. The van der Waals surface area contributed by atoms with E-state index in [9.17, 15) is 0 Å².